The number of benzene rings is 1. The number of carboxylic acids is 1. The van der Waals surface area contributed by atoms with Gasteiger partial charge >= 0.3 is 5.97 Å². The van der Waals surface area contributed by atoms with E-state index >= 15 is 0 Å². The molecule has 0 radical (unpaired) electrons. The van der Waals surface area contributed by atoms with E-state index in [1.807, 2.05) is 43.5 Å². The van der Waals surface area contributed by atoms with Crippen molar-refractivity contribution >= 4 is 11.9 Å². The second kappa shape index (κ2) is 9.58. The van der Waals surface area contributed by atoms with Gasteiger partial charge in [0.15, 0.2) is 0 Å². The van der Waals surface area contributed by atoms with Crippen LogP contribution in [-0.4, -0.2) is 45.9 Å². The number of amides is 1. The van der Waals surface area contributed by atoms with Gasteiger partial charge in [0.2, 0.25) is 5.91 Å². The van der Waals surface area contributed by atoms with Crippen LogP contribution >= 0.6 is 0 Å². The molecule has 2 aromatic rings. The van der Waals surface area contributed by atoms with E-state index in [-0.39, 0.29) is 12.5 Å². The molecule has 2 rings (SSSR count). The summed E-state index contributed by atoms with van der Waals surface area (Å²) in [6, 6.07) is 9.12. The molecule has 0 fully saturated rings. The minimum atomic E-state index is -0.928. The first-order chi connectivity index (χ1) is 12.1. The van der Waals surface area contributed by atoms with Crippen molar-refractivity contribution in [2.24, 2.45) is 0 Å². The number of carboxylic acid groups (broad SMARTS) is 1. The highest BCUT2D eigenvalue weighted by molar-refractivity contribution is 5.79. The molecule has 0 spiro atoms. The average Bonchev–Trinajstić information content (AvgIpc) is 3.08. The van der Waals surface area contributed by atoms with E-state index in [2.05, 4.69) is 15.7 Å². The maximum absolute atomic E-state index is 11.8. The van der Waals surface area contributed by atoms with E-state index in [0.717, 1.165) is 17.7 Å². The van der Waals surface area contributed by atoms with Crippen LogP contribution in [0.1, 0.15) is 25.3 Å². The van der Waals surface area contributed by atoms with Crippen LogP contribution in [0.15, 0.2) is 42.7 Å². The molecule has 0 aliphatic carbocycles. The summed E-state index contributed by atoms with van der Waals surface area (Å²) in [5.74, 6) is -1.14. The van der Waals surface area contributed by atoms with Crippen molar-refractivity contribution in [3.05, 3.63) is 48.3 Å². The fourth-order valence-corrected chi connectivity index (χ4v) is 2.44. The van der Waals surface area contributed by atoms with E-state index in [1.54, 1.807) is 10.9 Å². The first kappa shape index (κ1) is 18.7. The number of para-hydroxylation sites is 1. The lowest BCUT2D eigenvalue weighted by atomic mass is 10.2. The first-order valence-corrected chi connectivity index (χ1v) is 8.42. The summed E-state index contributed by atoms with van der Waals surface area (Å²) in [4.78, 5) is 22.8. The van der Waals surface area contributed by atoms with Gasteiger partial charge in [-0.2, -0.15) is 5.10 Å². The highest BCUT2D eigenvalue weighted by Crippen LogP contribution is 2.07. The zero-order valence-corrected chi connectivity index (χ0v) is 14.3. The van der Waals surface area contributed by atoms with Gasteiger partial charge in [-0.25, -0.2) is 4.68 Å². The Balaban J connectivity index is 1.73. The predicted octanol–water partition coefficient (Wildman–Crippen LogP) is 1.37. The SMILES string of the molecule is CCCC(NCC(=O)NCCc1cnn(-c2ccccc2)c1)C(=O)O. The van der Waals surface area contributed by atoms with Crippen LogP contribution in [-0.2, 0) is 16.0 Å². The van der Waals surface area contributed by atoms with E-state index in [1.165, 1.54) is 0 Å². The maximum Gasteiger partial charge on any atom is 0.320 e. The molecule has 1 amide bonds. The summed E-state index contributed by atoms with van der Waals surface area (Å²) in [5.41, 5.74) is 2.00. The monoisotopic (exact) mass is 344 g/mol. The number of nitrogens with one attached hydrogen (secondary N) is 2. The molecule has 0 aliphatic heterocycles. The Morgan fingerprint density at radius 3 is 2.72 bits per heavy atom. The molecule has 25 heavy (non-hydrogen) atoms. The molecular formula is C18H24N4O3. The second-order valence-corrected chi connectivity index (χ2v) is 5.79. The summed E-state index contributed by atoms with van der Waals surface area (Å²) in [6.07, 6.45) is 5.62. The molecule has 1 heterocycles. The quantitative estimate of drug-likeness (QED) is 0.605. The molecule has 0 saturated heterocycles. The fraction of sp³-hybridized carbons (Fsp3) is 0.389. The molecular weight excluding hydrogens is 320 g/mol. The van der Waals surface area contributed by atoms with Crippen LogP contribution in [0.4, 0.5) is 0 Å². The third-order valence-electron chi connectivity index (χ3n) is 3.78. The normalized spacial score (nSPS) is 11.9. The maximum atomic E-state index is 11.8. The molecule has 134 valence electrons. The molecule has 1 aromatic carbocycles. The third kappa shape index (κ3) is 6.04. The van der Waals surface area contributed by atoms with Crippen molar-refractivity contribution in [3.8, 4) is 5.69 Å². The Morgan fingerprint density at radius 2 is 2.04 bits per heavy atom. The molecule has 7 nitrogen and oxygen atoms in total. The summed E-state index contributed by atoms with van der Waals surface area (Å²) >= 11 is 0. The lowest BCUT2D eigenvalue weighted by Gasteiger charge is -2.13. The van der Waals surface area contributed by atoms with Crippen LogP contribution < -0.4 is 10.6 Å². The fourth-order valence-electron chi connectivity index (χ4n) is 2.44. The second-order valence-electron chi connectivity index (χ2n) is 5.79. The van der Waals surface area contributed by atoms with Gasteiger partial charge in [0.1, 0.15) is 6.04 Å². The van der Waals surface area contributed by atoms with Gasteiger partial charge < -0.3 is 10.4 Å². The largest absolute Gasteiger partial charge is 0.480 e. The highest BCUT2D eigenvalue weighted by atomic mass is 16.4. The van der Waals surface area contributed by atoms with Crippen LogP contribution in [0.2, 0.25) is 0 Å². The summed E-state index contributed by atoms with van der Waals surface area (Å²) in [6.45, 7) is 2.39. The predicted molar refractivity (Wildman–Crippen MR) is 94.6 cm³/mol. The number of rotatable bonds is 10. The highest BCUT2D eigenvalue weighted by Gasteiger charge is 2.16. The Hall–Kier alpha value is -2.67. The minimum absolute atomic E-state index is 0.000242. The van der Waals surface area contributed by atoms with Gasteiger partial charge in [-0.1, -0.05) is 31.5 Å². The number of nitrogens with zero attached hydrogens (tertiary/aromatic N) is 2. The Bertz CT molecular complexity index is 685. The molecule has 1 aromatic heterocycles. The Morgan fingerprint density at radius 1 is 1.28 bits per heavy atom. The van der Waals surface area contributed by atoms with E-state index in [4.69, 9.17) is 5.11 Å². The third-order valence-corrected chi connectivity index (χ3v) is 3.78. The molecule has 0 aliphatic rings. The number of carbonyl (C=O) groups is 2. The summed E-state index contributed by atoms with van der Waals surface area (Å²) in [7, 11) is 0. The van der Waals surface area contributed by atoms with E-state index in [9.17, 15) is 9.59 Å². The van der Waals surface area contributed by atoms with Gasteiger partial charge in [0.25, 0.3) is 0 Å². The summed E-state index contributed by atoms with van der Waals surface area (Å²) in [5, 5.41) is 18.9. The van der Waals surface area contributed by atoms with Crippen molar-refractivity contribution in [2.75, 3.05) is 13.1 Å². The van der Waals surface area contributed by atoms with Gasteiger partial charge in [-0.15, -0.1) is 0 Å². The minimum Gasteiger partial charge on any atom is -0.480 e. The zero-order chi connectivity index (χ0) is 18.1. The van der Waals surface area contributed by atoms with Gasteiger partial charge in [0.05, 0.1) is 18.4 Å². The van der Waals surface area contributed by atoms with Gasteiger partial charge in [-0.05, 0) is 30.5 Å². The van der Waals surface area contributed by atoms with E-state index in [0.29, 0.717) is 19.4 Å². The van der Waals surface area contributed by atoms with Crippen molar-refractivity contribution in [3.63, 3.8) is 0 Å². The first-order valence-electron chi connectivity index (χ1n) is 8.42. The van der Waals surface area contributed by atoms with Crippen molar-refractivity contribution < 1.29 is 14.7 Å². The number of hydrogen-bond acceptors (Lipinski definition) is 4. The standard InChI is InChI=1S/C18H24N4O3/c1-2-6-16(18(24)25)20-12-17(23)19-10-9-14-11-21-22(13-14)15-7-4-3-5-8-15/h3-5,7-8,11,13,16,20H,2,6,9-10,12H2,1H3,(H,19,23)(H,24,25). The van der Waals surface area contributed by atoms with E-state index < -0.39 is 12.0 Å². The molecule has 7 heteroatoms. The van der Waals surface area contributed by atoms with Crippen LogP contribution in [0, 0.1) is 0 Å². The average molecular weight is 344 g/mol. The Kier molecular flexibility index (Phi) is 7.16. The van der Waals surface area contributed by atoms with Gasteiger partial charge in [-0.3, -0.25) is 14.9 Å². The van der Waals surface area contributed by atoms with Crippen molar-refractivity contribution in [1.82, 2.24) is 20.4 Å². The number of carbonyl (C=O) groups excluding carboxylic acids is 1. The topological polar surface area (TPSA) is 96.3 Å². The Labute approximate surface area is 147 Å². The lowest BCUT2D eigenvalue weighted by Crippen LogP contribution is -2.43. The number of aliphatic carboxylic acids is 1. The van der Waals surface area contributed by atoms with Crippen LogP contribution in [0.25, 0.3) is 5.69 Å². The lowest BCUT2D eigenvalue weighted by molar-refractivity contribution is -0.139. The van der Waals surface area contributed by atoms with Gasteiger partial charge in [0, 0.05) is 12.7 Å². The summed E-state index contributed by atoms with van der Waals surface area (Å²) < 4.78 is 1.79. The van der Waals surface area contributed by atoms with Crippen molar-refractivity contribution in [1.29, 1.82) is 0 Å². The number of hydrogen-bond donors (Lipinski definition) is 3. The molecule has 3 N–H and O–H groups in total. The molecule has 1 unspecified atom stereocenters. The zero-order valence-electron chi connectivity index (χ0n) is 14.3. The molecule has 0 bridgehead atoms. The number of aromatic nitrogens is 2. The smallest absolute Gasteiger partial charge is 0.320 e. The van der Waals surface area contributed by atoms with Crippen molar-refractivity contribution in [2.45, 2.75) is 32.2 Å². The molecule has 0 saturated carbocycles. The van der Waals surface area contributed by atoms with Crippen LogP contribution in [0.5, 0.6) is 0 Å². The van der Waals surface area contributed by atoms with Crippen LogP contribution in [0.3, 0.4) is 0 Å². The molecule has 1 atom stereocenters.